The molecule has 1 unspecified atom stereocenters. The number of hydrogen-bond acceptors (Lipinski definition) is 5. The Morgan fingerprint density at radius 1 is 1.42 bits per heavy atom. The molecule has 0 aliphatic heterocycles. The van der Waals surface area contributed by atoms with E-state index in [-0.39, 0.29) is 11.7 Å². The zero-order chi connectivity index (χ0) is 17.1. The van der Waals surface area contributed by atoms with Gasteiger partial charge in [0.25, 0.3) is 0 Å². The smallest absolute Gasteiger partial charge is 0.356 e. The van der Waals surface area contributed by atoms with Gasteiger partial charge in [-0.25, -0.2) is 4.79 Å². The maximum atomic E-state index is 11.4. The quantitative estimate of drug-likeness (QED) is 0.782. The van der Waals surface area contributed by atoms with E-state index in [1.807, 2.05) is 16.2 Å². The predicted octanol–water partition coefficient (Wildman–Crippen LogP) is 0.902. The minimum absolute atomic E-state index is 0.212. The first-order valence-corrected chi connectivity index (χ1v) is 8.55. The fourth-order valence-corrected chi connectivity index (χ4v) is 3.42. The highest BCUT2D eigenvalue weighted by Gasteiger charge is 2.28. The fraction of sp³-hybridized carbons (Fsp3) is 0.625. The Kier molecular flexibility index (Phi) is 4.94. The molecule has 2 N–H and O–H groups in total. The third-order valence-electron chi connectivity index (χ3n) is 4.67. The average molecular weight is 332 g/mol. The van der Waals surface area contributed by atoms with E-state index < -0.39 is 5.97 Å². The highest BCUT2D eigenvalue weighted by Crippen LogP contribution is 2.25. The Morgan fingerprint density at radius 2 is 2.25 bits per heavy atom. The number of nitrogens with zero attached hydrogens (tertiary/aromatic N) is 5. The zero-order valence-corrected chi connectivity index (χ0v) is 14.2. The summed E-state index contributed by atoms with van der Waals surface area (Å²) in [5.41, 5.74) is 2.19. The summed E-state index contributed by atoms with van der Waals surface area (Å²) < 4.78 is 3.87. The van der Waals surface area contributed by atoms with Gasteiger partial charge in [-0.15, -0.1) is 10.2 Å². The Balaban J connectivity index is 1.63. The van der Waals surface area contributed by atoms with Crippen molar-refractivity contribution < 1.29 is 9.90 Å². The van der Waals surface area contributed by atoms with Crippen molar-refractivity contribution in [2.45, 2.75) is 58.7 Å². The van der Waals surface area contributed by atoms with Gasteiger partial charge in [0.15, 0.2) is 5.69 Å². The fourth-order valence-electron chi connectivity index (χ4n) is 3.42. The molecule has 8 heteroatoms. The molecule has 2 aromatic rings. The van der Waals surface area contributed by atoms with Crippen molar-refractivity contribution in [1.82, 2.24) is 29.9 Å². The second-order valence-corrected chi connectivity index (χ2v) is 6.07. The monoisotopic (exact) mass is 332 g/mol. The summed E-state index contributed by atoms with van der Waals surface area (Å²) in [6.45, 7) is 6.45. The van der Waals surface area contributed by atoms with Gasteiger partial charge in [0.1, 0.15) is 12.2 Å². The largest absolute Gasteiger partial charge is 0.476 e. The SMILES string of the molecule is CCn1cnnc1CCNC1CCc2c(c(C(=O)O)nn2CC)C1. The normalized spacial score (nSPS) is 17.0. The number of fused-ring (bicyclic) bond motifs is 1. The summed E-state index contributed by atoms with van der Waals surface area (Å²) in [5, 5.41) is 25.2. The minimum Gasteiger partial charge on any atom is -0.476 e. The number of aromatic nitrogens is 5. The lowest BCUT2D eigenvalue weighted by Gasteiger charge is -2.24. The van der Waals surface area contributed by atoms with Crippen molar-refractivity contribution in [1.29, 1.82) is 0 Å². The van der Waals surface area contributed by atoms with E-state index in [1.165, 1.54) is 0 Å². The summed E-state index contributed by atoms with van der Waals surface area (Å²) in [4.78, 5) is 11.4. The number of nitrogens with one attached hydrogen (secondary N) is 1. The van der Waals surface area contributed by atoms with E-state index in [0.717, 1.165) is 55.9 Å². The standard InChI is InChI=1S/C16H24N6O2/c1-3-21-10-18-19-14(21)7-8-17-11-5-6-13-12(9-11)15(16(23)24)20-22(13)4-2/h10-11,17H,3-9H2,1-2H3,(H,23,24). The van der Waals surface area contributed by atoms with Crippen LogP contribution in [-0.4, -0.2) is 48.2 Å². The van der Waals surface area contributed by atoms with Crippen LogP contribution in [0.25, 0.3) is 0 Å². The van der Waals surface area contributed by atoms with Crippen molar-refractivity contribution in [2.24, 2.45) is 0 Å². The second-order valence-electron chi connectivity index (χ2n) is 6.07. The minimum atomic E-state index is -0.935. The topological polar surface area (TPSA) is 97.9 Å². The molecule has 1 aliphatic rings. The molecular formula is C16H24N6O2. The lowest BCUT2D eigenvalue weighted by Crippen LogP contribution is -2.36. The van der Waals surface area contributed by atoms with Crippen LogP contribution in [0.5, 0.6) is 0 Å². The molecule has 1 aliphatic carbocycles. The van der Waals surface area contributed by atoms with Crippen LogP contribution in [0, 0.1) is 0 Å². The number of aryl methyl sites for hydroxylation is 2. The number of carbonyl (C=O) groups is 1. The molecule has 130 valence electrons. The Bertz CT molecular complexity index is 720. The first kappa shape index (κ1) is 16.6. The van der Waals surface area contributed by atoms with Crippen LogP contribution in [0.2, 0.25) is 0 Å². The first-order valence-electron chi connectivity index (χ1n) is 8.55. The lowest BCUT2D eigenvalue weighted by atomic mass is 9.91. The third kappa shape index (κ3) is 3.19. The maximum Gasteiger partial charge on any atom is 0.356 e. The molecule has 8 nitrogen and oxygen atoms in total. The summed E-state index contributed by atoms with van der Waals surface area (Å²) >= 11 is 0. The van der Waals surface area contributed by atoms with E-state index >= 15 is 0 Å². The van der Waals surface area contributed by atoms with E-state index in [4.69, 9.17) is 0 Å². The molecule has 0 radical (unpaired) electrons. The van der Waals surface area contributed by atoms with Gasteiger partial charge in [-0.1, -0.05) is 0 Å². The molecule has 2 aromatic heterocycles. The van der Waals surface area contributed by atoms with E-state index in [2.05, 4.69) is 27.5 Å². The van der Waals surface area contributed by atoms with Gasteiger partial charge >= 0.3 is 5.97 Å². The van der Waals surface area contributed by atoms with Crippen LogP contribution < -0.4 is 5.32 Å². The van der Waals surface area contributed by atoms with Crippen LogP contribution in [0.1, 0.15) is 47.8 Å². The van der Waals surface area contributed by atoms with Crippen LogP contribution >= 0.6 is 0 Å². The molecule has 0 bridgehead atoms. The number of carboxylic acids is 1. The number of hydrogen-bond donors (Lipinski definition) is 2. The van der Waals surface area contributed by atoms with Crippen molar-refractivity contribution >= 4 is 5.97 Å². The number of aromatic carboxylic acids is 1. The van der Waals surface area contributed by atoms with E-state index in [0.29, 0.717) is 6.54 Å². The van der Waals surface area contributed by atoms with Crippen LogP contribution in [0.15, 0.2) is 6.33 Å². The van der Waals surface area contributed by atoms with Crippen LogP contribution in [-0.2, 0) is 32.4 Å². The molecule has 0 saturated heterocycles. The van der Waals surface area contributed by atoms with Gasteiger partial charge in [0.2, 0.25) is 0 Å². The average Bonchev–Trinajstić information content (AvgIpc) is 3.18. The van der Waals surface area contributed by atoms with Crippen LogP contribution in [0.3, 0.4) is 0 Å². The molecule has 0 spiro atoms. The zero-order valence-electron chi connectivity index (χ0n) is 14.2. The third-order valence-corrected chi connectivity index (χ3v) is 4.67. The van der Waals surface area contributed by atoms with Crippen molar-refractivity contribution in [3.63, 3.8) is 0 Å². The van der Waals surface area contributed by atoms with Gasteiger partial charge in [0, 0.05) is 43.4 Å². The van der Waals surface area contributed by atoms with Crippen molar-refractivity contribution in [3.05, 3.63) is 29.1 Å². The molecule has 0 saturated carbocycles. The van der Waals surface area contributed by atoms with Gasteiger partial charge in [-0.2, -0.15) is 5.10 Å². The van der Waals surface area contributed by atoms with E-state index in [1.54, 1.807) is 6.33 Å². The van der Waals surface area contributed by atoms with E-state index in [9.17, 15) is 9.90 Å². The summed E-state index contributed by atoms with van der Waals surface area (Å²) in [6.07, 6.45) is 5.15. The molecule has 0 fully saturated rings. The number of carboxylic acid groups (broad SMARTS) is 1. The molecular weight excluding hydrogens is 308 g/mol. The predicted molar refractivity (Wildman–Crippen MR) is 88.1 cm³/mol. The van der Waals surface area contributed by atoms with Crippen LogP contribution in [0.4, 0.5) is 0 Å². The molecule has 1 atom stereocenters. The van der Waals surface area contributed by atoms with Gasteiger partial charge < -0.3 is 15.0 Å². The maximum absolute atomic E-state index is 11.4. The van der Waals surface area contributed by atoms with Crippen molar-refractivity contribution in [2.75, 3.05) is 6.54 Å². The Morgan fingerprint density at radius 3 is 2.96 bits per heavy atom. The highest BCUT2D eigenvalue weighted by molar-refractivity contribution is 5.87. The molecule has 0 amide bonds. The molecule has 24 heavy (non-hydrogen) atoms. The Hall–Kier alpha value is -2.22. The van der Waals surface area contributed by atoms with Gasteiger partial charge in [0.05, 0.1) is 0 Å². The van der Waals surface area contributed by atoms with Gasteiger partial charge in [-0.3, -0.25) is 4.68 Å². The summed E-state index contributed by atoms with van der Waals surface area (Å²) in [5.74, 6) is 0.0432. The van der Waals surface area contributed by atoms with Gasteiger partial charge in [-0.05, 0) is 33.1 Å². The molecule has 2 heterocycles. The molecule has 0 aromatic carbocycles. The Labute approximate surface area is 140 Å². The molecule has 3 rings (SSSR count). The lowest BCUT2D eigenvalue weighted by molar-refractivity contribution is 0.0688. The summed E-state index contributed by atoms with van der Waals surface area (Å²) in [6, 6.07) is 0.281. The van der Waals surface area contributed by atoms with Crippen molar-refractivity contribution in [3.8, 4) is 0 Å². The highest BCUT2D eigenvalue weighted by atomic mass is 16.4. The first-order chi connectivity index (χ1) is 11.6. The number of rotatable bonds is 7. The summed E-state index contributed by atoms with van der Waals surface area (Å²) in [7, 11) is 0. The second kappa shape index (κ2) is 7.12.